The highest BCUT2D eigenvalue weighted by molar-refractivity contribution is 5.91. The van der Waals surface area contributed by atoms with E-state index in [9.17, 15) is 9.59 Å². The molecule has 1 saturated heterocycles. The SMILES string of the molecule is CCOC(=O)N1CC[NH+](CC(=O)Nc2ccc(OC)cc2)CC1. The second-order valence-electron chi connectivity index (χ2n) is 5.39. The molecular formula is C16H24N3O4+. The van der Waals surface area contributed by atoms with Gasteiger partial charge < -0.3 is 19.7 Å². The summed E-state index contributed by atoms with van der Waals surface area (Å²) in [6, 6.07) is 7.23. The molecule has 0 unspecified atom stereocenters. The van der Waals surface area contributed by atoms with Gasteiger partial charge in [0.15, 0.2) is 6.54 Å². The van der Waals surface area contributed by atoms with Crippen molar-refractivity contribution in [1.82, 2.24) is 4.90 Å². The van der Waals surface area contributed by atoms with Gasteiger partial charge in [0.1, 0.15) is 5.75 Å². The standard InChI is InChI=1S/C16H23N3O4/c1-3-23-16(21)19-10-8-18(9-11-19)12-15(20)17-13-4-6-14(22-2)7-5-13/h4-7H,3,8-12H2,1-2H3,(H,17,20)/p+1. The van der Waals surface area contributed by atoms with Gasteiger partial charge in [-0.3, -0.25) is 9.69 Å². The minimum Gasteiger partial charge on any atom is -0.497 e. The molecule has 7 nitrogen and oxygen atoms in total. The molecule has 1 aliphatic heterocycles. The van der Waals surface area contributed by atoms with E-state index in [-0.39, 0.29) is 12.0 Å². The van der Waals surface area contributed by atoms with Crippen molar-refractivity contribution < 1.29 is 24.0 Å². The number of hydrogen-bond acceptors (Lipinski definition) is 4. The normalized spacial score (nSPS) is 15.1. The van der Waals surface area contributed by atoms with Crippen LogP contribution >= 0.6 is 0 Å². The zero-order valence-electron chi connectivity index (χ0n) is 13.6. The van der Waals surface area contributed by atoms with Crippen molar-refractivity contribution in [3.05, 3.63) is 24.3 Å². The molecule has 0 bridgehead atoms. The fraction of sp³-hybridized carbons (Fsp3) is 0.500. The highest BCUT2D eigenvalue weighted by atomic mass is 16.6. The van der Waals surface area contributed by atoms with Crippen molar-refractivity contribution in [3.8, 4) is 5.75 Å². The molecular weight excluding hydrogens is 298 g/mol. The predicted octanol–water partition coefficient (Wildman–Crippen LogP) is -0.00930. The zero-order chi connectivity index (χ0) is 16.7. The lowest BCUT2D eigenvalue weighted by Crippen LogP contribution is -3.15. The molecule has 0 spiro atoms. The number of carbonyl (C=O) groups is 2. The van der Waals surface area contributed by atoms with Crippen molar-refractivity contribution in [1.29, 1.82) is 0 Å². The van der Waals surface area contributed by atoms with Crippen LogP contribution in [0.1, 0.15) is 6.92 Å². The minimum absolute atomic E-state index is 0.0326. The summed E-state index contributed by atoms with van der Waals surface area (Å²) in [5.41, 5.74) is 0.750. The van der Waals surface area contributed by atoms with Crippen molar-refractivity contribution in [2.24, 2.45) is 0 Å². The second kappa shape index (κ2) is 8.38. The first-order valence-electron chi connectivity index (χ1n) is 7.81. The largest absolute Gasteiger partial charge is 0.497 e. The Labute approximate surface area is 136 Å². The molecule has 0 aliphatic carbocycles. The van der Waals surface area contributed by atoms with Crippen LogP contribution in [0.5, 0.6) is 5.75 Å². The van der Waals surface area contributed by atoms with Crippen molar-refractivity contribution in [3.63, 3.8) is 0 Å². The van der Waals surface area contributed by atoms with E-state index in [1.807, 2.05) is 12.1 Å². The molecule has 1 heterocycles. The molecule has 23 heavy (non-hydrogen) atoms. The Morgan fingerprint density at radius 1 is 1.22 bits per heavy atom. The first-order chi connectivity index (χ1) is 11.1. The number of methoxy groups -OCH3 is 1. The molecule has 2 N–H and O–H groups in total. The maximum atomic E-state index is 12.1. The van der Waals surface area contributed by atoms with E-state index in [0.717, 1.165) is 29.4 Å². The third-order valence-corrected chi connectivity index (χ3v) is 3.78. The summed E-state index contributed by atoms with van der Waals surface area (Å²) in [5.74, 6) is 0.721. The lowest BCUT2D eigenvalue weighted by molar-refractivity contribution is -0.895. The Morgan fingerprint density at radius 2 is 1.87 bits per heavy atom. The smallest absolute Gasteiger partial charge is 0.410 e. The summed E-state index contributed by atoms with van der Waals surface area (Å²) in [4.78, 5) is 26.6. The molecule has 2 rings (SSSR count). The number of rotatable bonds is 5. The number of nitrogens with zero attached hydrogens (tertiary/aromatic N) is 1. The van der Waals surface area contributed by atoms with Gasteiger partial charge in [-0.1, -0.05) is 0 Å². The van der Waals surface area contributed by atoms with Crippen molar-refractivity contribution in [2.45, 2.75) is 6.92 Å². The number of carbonyl (C=O) groups excluding carboxylic acids is 2. The molecule has 0 saturated carbocycles. The summed E-state index contributed by atoms with van der Waals surface area (Å²) in [6.45, 7) is 5.29. The Morgan fingerprint density at radius 3 is 2.43 bits per heavy atom. The molecule has 1 aliphatic rings. The third kappa shape index (κ3) is 5.14. The number of ether oxygens (including phenoxy) is 2. The number of quaternary nitrogens is 1. The number of nitrogens with one attached hydrogen (secondary N) is 2. The molecule has 0 radical (unpaired) electrons. The summed E-state index contributed by atoms with van der Waals surface area (Å²) in [5, 5.41) is 2.87. The van der Waals surface area contributed by atoms with Crippen molar-refractivity contribution >= 4 is 17.7 Å². The topological polar surface area (TPSA) is 72.3 Å². The van der Waals surface area contributed by atoms with Crippen LogP contribution in [0.3, 0.4) is 0 Å². The lowest BCUT2D eigenvalue weighted by Gasteiger charge is -2.31. The van der Waals surface area contributed by atoms with E-state index in [0.29, 0.717) is 26.2 Å². The van der Waals surface area contributed by atoms with E-state index in [1.54, 1.807) is 31.1 Å². The molecule has 1 aromatic rings. The van der Waals surface area contributed by atoms with Gasteiger partial charge in [-0.25, -0.2) is 4.79 Å². The van der Waals surface area contributed by atoms with Gasteiger partial charge in [0.05, 0.1) is 39.9 Å². The van der Waals surface area contributed by atoms with Gasteiger partial charge in [0, 0.05) is 5.69 Å². The van der Waals surface area contributed by atoms with Gasteiger partial charge in [0.25, 0.3) is 5.91 Å². The highest BCUT2D eigenvalue weighted by Crippen LogP contribution is 2.14. The Bertz CT molecular complexity index is 525. The average Bonchev–Trinajstić information content (AvgIpc) is 2.56. The van der Waals surface area contributed by atoms with E-state index in [1.165, 1.54) is 0 Å². The summed E-state index contributed by atoms with van der Waals surface area (Å²) < 4.78 is 10.1. The van der Waals surface area contributed by atoms with Crippen LogP contribution in [0.2, 0.25) is 0 Å². The fourth-order valence-electron chi connectivity index (χ4n) is 2.50. The average molecular weight is 322 g/mol. The molecule has 7 heteroatoms. The Kier molecular flexibility index (Phi) is 6.22. The number of anilines is 1. The van der Waals surface area contributed by atoms with Crippen LogP contribution in [0.15, 0.2) is 24.3 Å². The van der Waals surface area contributed by atoms with Crippen LogP contribution in [0.25, 0.3) is 0 Å². The molecule has 0 atom stereocenters. The lowest BCUT2D eigenvalue weighted by atomic mass is 10.3. The van der Waals surface area contributed by atoms with E-state index in [4.69, 9.17) is 9.47 Å². The van der Waals surface area contributed by atoms with E-state index >= 15 is 0 Å². The Hall–Kier alpha value is -2.28. The van der Waals surface area contributed by atoms with Crippen LogP contribution in [-0.2, 0) is 9.53 Å². The predicted molar refractivity (Wildman–Crippen MR) is 85.8 cm³/mol. The molecule has 0 aromatic heterocycles. The van der Waals surface area contributed by atoms with Gasteiger partial charge in [-0.15, -0.1) is 0 Å². The Balaban J connectivity index is 1.75. The monoisotopic (exact) mass is 322 g/mol. The number of benzene rings is 1. The number of amides is 2. The van der Waals surface area contributed by atoms with Gasteiger partial charge in [-0.05, 0) is 31.2 Å². The van der Waals surface area contributed by atoms with Crippen molar-refractivity contribution in [2.75, 3.05) is 51.8 Å². The molecule has 2 amide bonds. The molecule has 1 fully saturated rings. The number of piperazine rings is 1. The summed E-state index contributed by atoms with van der Waals surface area (Å²) >= 11 is 0. The van der Waals surface area contributed by atoms with Gasteiger partial charge in [0.2, 0.25) is 0 Å². The van der Waals surface area contributed by atoms with Crippen LogP contribution in [-0.4, -0.2) is 63.3 Å². The summed E-state index contributed by atoms with van der Waals surface area (Å²) in [6.07, 6.45) is -0.269. The number of hydrogen-bond donors (Lipinski definition) is 2. The first-order valence-corrected chi connectivity index (χ1v) is 7.81. The third-order valence-electron chi connectivity index (χ3n) is 3.78. The summed E-state index contributed by atoms with van der Waals surface area (Å²) in [7, 11) is 1.60. The minimum atomic E-state index is -0.269. The quantitative estimate of drug-likeness (QED) is 0.800. The molecule has 1 aromatic carbocycles. The maximum Gasteiger partial charge on any atom is 0.410 e. The van der Waals surface area contributed by atoms with Crippen LogP contribution in [0.4, 0.5) is 10.5 Å². The van der Waals surface area contributed by atoms with Gasteiger partial charge in [-0.2, -0.15) is 0 Å². The van der Waals surface area contributed by atoms with Crippen LogP contribution < -0.4 is 15.0 Å². The van der Waals surface area contributed by atoms with Crippen LogP contribution in [0, 0.1) is 0 Å². The highest BCUT2D eigenvalue weighted by Gasteiger charge is 2.25. The van der Waals surface area contributed by atoms with E-state index in [2.05, 4.69) is 5.32 Å². The molecule has 126 valence electrons. The fourth-order valence-corrected chi connectivity index (χ4v) is 2.50. The maximum absolute atomic E-state index is 12.1. The van der Waals surface area contributed by atoms with E-state index < -0.39 is 0 Å². The second-order valence-corrected chi connectivity index (χ2v) is 5.39. The van der Waals surface area contributed by atoms with Gasteiger partial charge >= 0.3 is 6.09 Å². The zero-order valence-corrected chi connectivity index (χ0v) is 13.6. The first kappa shape index (κ1) is 17.1.